The lowest BCUT2D eigenvalue weighted by molar-refractivity contribution is 0.0217. The molecule has 2 aliphatic rings. The van der Waals surface area contributed by atoms with E-state index in [-0.39, 0.29) is 17.2 Å². The van der Waals surface area contributed by atoms with Gasteiger partial charge in [0.25, 0.3) is 0 Å². The maximum Gasteiger partial charge on any atom is 0.146 e. The van der Waals surface area contributed by atoms with Gasteiger partial charge in [-0.15, -0.1) is 0 Å². The van der Waals surface area contributed by atoms with Gasteiger partial charge in [0, 0.05) is 13.2 Å². The lowest BCUT2D eigenvalue weighted by Gasteiger charge is -2.47. The fourth-order valence-corrected chi connectivity index (χ4v) is 5.96. The lowest BCUT2D eigenvalue weighted by Crippen LogP contribution is -2.40. The monoisotopic (exact) mass is 483 g/mol. The van der Waals surface area contributed by atoms with Crippen LogP contribution in [0.3, 0.4) is 0 Å². The number of benzene rings is 2. The van der Waals surface area contributed by atoms with E-state index in [4.69, 9.17) is 5.10 Å². The Balaban J connectivity index is 1.47. The van der Waals surface area contributed by atoms with E-state index in [2.05, 4.69) is 50.8 Å². The molecule has 1 fully saturated rings. The average molecular weight is 484 g/mol. The predicted octanol–water partition coefficient (Wildman–Crippen LogP) is 6.94. The summed E-state index contributed by atoms with van der Waals surface area (Å²) in [7, 11) is 1.80. The Morgan fingerprint density at radius 3 is 2.78 bits per heavy atom. The van der Waals surface area contributed by atoms with E-state index in [0.717, 1.165) is 42.6 Å². The van der Waals surface area contributed by atoms with Crippen LogP contribution in [0.15, 0.2) is 79.2 Å². The number of anilines is 1. The number of hydrogen-bond donors (Lipinski definition) is 1. The number of aliphatic hydroxyl groups is 1. The van der Waals surface area contributed by atoms with Gasteiger partial charge < -0.3 is 10.0 Å². The normalized spacial score (nSPS) is 22.0. The second-order valence-electron chi connectivity index (χ2n) is 10.4. The molecular formula is C31H34FN3O. The average Bonchev–Trinajstić information content (AvgIpc) is 3.27. The number of allylic oxidation sites excluding steroid dienone is 3. The molecule has 2 aromatic carbocycles. The van der Waals surface area contributed by atoms with E-state index in [1.165, 1.54) is 22.8 Å². The first-order chi connectivity index (χ1) is 17.3. The second-order valence-corrected chi connectivity index (χ2v) is 10.4. The summed E-state index contributed by atoms with van der Waals surface area (Å²) >= 11 is 0. The Labute approximate surface area is 213 Å². The Bertz CT molecular complexity index is 1340. The fourth-order valence-electron chi connectivity index (χ4n) is 5.96. The van der Waals surface area contributed by atoms with Crippen LogP contribution in [-0.4, -0.2) is 21.9 Å². The van der Waals surface area contributed by atoms with Gasteiger partial charge >= 0.3 is 0 Å². The van der Waals surface area contributed by atoms with E-state index in [0.29, 0.717) is 5.69 Å². The van der Waals surface area contributed by atoms with Gasteiger partial charge in [0.05, 0.1) is 29.4 Å². The maximum atomic E-state index is 14.6. The Hall–Kier alpha value is -3.44. The van der Waals surface area contributed by atoms with Crippen LogP contribution in [0.5, 0.6) is 0 Å². The van der Waals surface area contributed by atoms with Crippen molar-refractivity contribution in [2.45, 2.75) is 45.6 Å². The van der Waals surface area contributed by atoms with Crippen molar-refractivity contribution < 1.29 is 9.50 Å². The number of aromatic nitrogens is 2. The summed E-state index contributed by atoms with van der Waals surface area (Å²) in [6.45, 7) is 8.05. The highest BCUT2D eigenvalue weighted by molar-refractivity contribution is 5.61. The molecule has 3 unspecified atom stereocenters. The molecule has 0 saturated heterocycles. The highest BCUT2D eigenvalue weighted by Gasteiger charge is 2.46. The molecule has 0 spiro atoms. The van der Waals surface area contributed by atoms with Gasteiger partial charge in [-0.25, -0.2) is 9.07 Å². The first kappa shape index (κ1) is 24.3. The van der Waals surface area contributed by atoms with Gasteiger partial charge in [-0.3, -0.25) is 0 Å². The van der Waals surface area contributed by atoms with Crippen LogP contribution >= 0.6 is 0 Å². The van der Waals surface area contributed by atoms with Crippen LogP contribution < -0.4 is 4.90 Å². The zero-order chi connectivity index (χ0) is 25.4. The topological polar surface area (TPSA) is 41.3 Å². The van der Waals surface area contributed by atoms with Crippen molar-refractivity contribution in [3.05, 3.63) is 107 Å². The first-order valence-corrected chi connectivity index (χ1v) is 12.7. The third-order valence-electron chi connectivity index (χ3n) is 8.07. The van der Waals surface area contributed by atoms with Crippen molar-refractivity contribution >= 4 is 11.8 Å². The number of aliphatic hydroxyl groups excluding tert-OH is 1. The summed E-state index contributed by atoms with van der Waals surface area (Å²) in [4.78, 5) is 1.72. The molecule has 36 heavy (non-hydrogen) atoms. The molecule has 1 aromatic heterocycles. The van der Waals surface area contributed by atoms with Crippen molar-refractivity contribution in [2.75, 3.05) is 11.9 Å². The number of rotatable bonds is 6. The molecule has 3 atom stereocenters. The van der Waals surface area contributed by atoms with Crippen LogP contribution in [0.25, 0.3) is 11.8 Å². The van der Waals surface area contributed by atoms with Crippen molar-refractivity contribution in [1.29, 1.82) is 0 Å². The summed E-state index contributed by atoms with van der Waals surface area (Å²) < 4.78 is 16.7. The van der Waals surface area contributed by atoms with E-state index in [1.54, 1.807) is 42.4 Å². The standard InChI is InChI=1S/C31H34FN3O/c1-5-6-16-34(4)29-17-22(12-15-27(29)32)30(36)26-9-7-8-24-18-28-23(19-31(24,26)3)20-33-35(28)25-13-10-21(2)11-14-25/h5-6,10-18,20,26,30,36H,1,7-9,19H2,2-4H3/b16-6-. The molecule has 1 N–H and O–H groups in total. The van der Waals surface area contributed by atoms with Gasteiger partial charge in [0.1, 0.15) is 5.82 Å². The van der Waals surface area contributed by atoms with E-state index in [1.807, 2.05) is 10.9 Å². The molecule has 5 rings (SSSR count). The number of halogens is 1. The zero-order valence-corrected chi connectivity index (χ0v) is 21.3. The molecule has 4 nitrogen and oxygen atoms in total. The lowest BCUT2D eigenvalue weighted by atomic mass is 9.57. The first-order valence-electron chi connectivity index (χ1n) is 12.7. The molecule has 0 amide bonds. The van der Waals surface area contributed by atoms with Crippen LogP contribution in [0.1, 0.15) is 54.7 Å². The molecule has 5 heteroatoms. The van der Waals surface area contributed by atoms with Gasteiger partial charge in [-0.2, -0.15) is 5.10 Å². The second kappa shape index (κ2) is 9.55. The summed E-state index contributed by atoms with van der Waals surface area (Å²) in [6, 6.07) is 13.4. The van der Waals surface area contributed by atoms with Gasteiger partial charge in [0.15, 0.2) is 0 Å². The van der Waals surface area contributed by atoms with Crippen molar-refractivity contribution in [3.63, 3.8) is 0 Å². The highest BCUT2D eigenvalue weighted by atomic mass is 19.1. The number of hydrogen-bond acceptors (Lipinski definition) is 3. The molecule has 1 saturated carbocycles. The maximum absolute atomic E-state index is 14.6. The minimum Gasteiger partial charge on any atom is -0.388 e. The van der Waals surface area contributed by atoms with Gasteiger partial charge in [0.2, 0.25) is 0 Å². The summed E-state index contributed by atoms with van der Waals surface area (Å²) in [6.07, 6.45) is 12.6. The predicted molar refractivity (Wildman–Crippen MR) is 145 cm³/mol. The number of fused-ring (bicyclic) bond motifs is 2. The van der Waals surface area contributed by atoms with Crippen LogP contribution in [0.2, 0.25) is 0 Å². The van der Waals surface area contributed by atoms with E-state index >= 15 is 0 Å². The molecule has 186 valence electrons. The van der Waals surface area contributed by atoms with Gasteiger partial charge in [-0.1, -0.05) is 48.9 Å². The van der Waals surface area contributed by atoms with Crippen molar-refractivity contribution in [3.8, 4) is 5.69 Å². The van der Waals surface area contributed by atoms with E-state index in [9.17, 15) is 9.50 Å². The highest BCUT2D eigenvalue weighted by Crippen LogP contribution is 2.55. The molecule has 2 aliphatic carbocycles. The molecule has 0 radical (unpaired) electrons. The Kier molecular flexibility index (Phi) is 6.44. The Morgan fingerprint density at radius 2 is 2.03 bits per heavy atom. The molecule has 0 aliphatic heterocycles. The summed E-state index contributed by atoms with van der Waals surface area (Å²) in [5.41, 5.74) is 6.99. The quantitative estimate of drug-likeness (QED) is 0.386. The number of aryl methyl sites for hydroxylation is 1. The SMILES string of the molecule is C=C/C=C\N(C)c1cc(C(O)C2CCCC3=Cc4c(cnn4-c4ccc(C)cc4)CC32C)ccc1F. The largest absolute Gasteiger partial charge is 0.388 e. The molecule has 1 heterocycles. The smallest absolute Gasteiger partial charge is 0.146 e. The van der Waals surface area contributed by atoms with Crippen LogP contribution in [0.4, 0.5) is 10.1 Å². The van der Waals surface area contributed by atoms with Crippen LogP contribution in [0, 0.1) is 24.1 Å². The van der Waals surface area contributed by atoms with Crippen LogP contribution in [-0.2, 0) is 6.42 Å². The third kappa shape index (κ3) is 4.22. The molecule has 0 bridgehead atoms. The minimum atomic E-state index is -0.691. The number of nitrogens with zero attached hydrogens (tertiary/aromatic N) is 3. The fraction of sp³-hybridized carbons (Fsp3) is 0.323. The Morgan fingerprint density at radius 1 is 1.25 bits per heavy atom. The molecular weight excluding hydrogens is 449 g/mol. The third-order valence-corrected chi connectivity index (χ3v) is 8.07. The van der Waals surface area contributed by atoms with E-state index < -0.39 is 6.10 Å². The summed E-state index contributed by atoms with van der Waals surface area (Å²) in [5.74, 6) is -0.288. The molecule has 3 aromatic rings. The summed E-state index contributed by atoms with van der Waals surface area (Å²) in [5, 5.41) is 16.4. The van der Waals surface area contributed by atoms with Crippen molar-refractivity contribution in [1.82, 2.24) is 9.78 Å². The minimum absolute atomic E-state index is 0.0284. The van der Waals surface area contributed by atoms with Gasteiger partial charge in [-0.05, 0) is 91.5 Å². The van der Waals surface area contributed by atoms with Crippen molar-refractivity contribution in [2.24, 2.45) is 11.3 Å². The zero-order valence-electron chi connectivity index (χ0n) is 21.3.